The number of aryl methyl sites for hydroxylation is 1. The predicted octanol–water partition coefficient (Wildman–Crippen LogP) is 1.13. The van der Waals surface area contributed by atoms with Crippen LogP contribution in [0.15, 0.2) is 11.4 Å². The molecule has 7 heteroatoms. The van der Waals surface area contributed by atoms with E-state index in [0.29, 0.717) is 0 Å². The summed E-state index contributed by atoms with van der Waals surface area (Å²) >= 11 is 1.62. The molecule has 1 aromatic rings. The summed E-state index contributed by atoms with van der Waals surface area (Å²) in [5.74, 6) is -2.21. The smallest absolute Gasteiger partial charge is 0.320 e. The van der Waals surface area contributed by atoms with Crippen molar-refractivity contribution in [3.05, 3.63) is 21.9 Å². The van der Waals surface area contributed by atoms with Crippen molar-refractivity contribution in [2.24, 2.45) is 0 Å². The maximum absolute atomic E-state index is 11.6. The molecule has 0 aliphatic heterocycles. The van der Waals surface area contributed by atoms with Crippen LogP contribution in [0.2, 0.25) is 0 Å². The summed E-state index contributed by atoms with van der Waals surface area (Å²) in [5, 5.41) is 10.5. The Labute approximate surface area is 104 Å². The van der Waals surface area contributed by atoms with Gasteiger partial charge in [-0.05, 0) is 36.3 Å². The zero-order chi connectivity index (χ0) is 12.5. The number of carboxylic acid groups (broad SMARTS) is 1. The van der Waals surface area contributed by atoms with Crippen LogP contribution in [0.5, 0.6) is 0 Å². The molecule has 5 nitrogen and oxygen atoms in total. The minimum Gasteiger partial charge on any atom is -0.480 e. The number of fused-ring (bicyclic) bond motifs is 1. The van der Waals surface area contributed by atoms with E-state index < -0.39 is 21.7 Å². The standard InChI is InChI=1S/C10H13NO4S2/c12-10(13)6-17(14,15)11-8-2-1-3-9-7(8)4-5-16-9/h4-5,8,11H,1-3,6H2,(H,12,13). The highest BCUT2D eigenvalue weighted by atomic mass is 32.2. The number of sulfonamides is 1. The molecule has 1 unspecified atom stereocenters. The average Bonchev–Trinajstić information content (AvgIpc) is 2.63. The van der Waals surface area contributed by atoms with Gasteiger partial charge in [0.15, 0.2) is 5.75 Å². The topological polar surface area (TPSA) is 83.5 Å². The maximum Gasteiger partial charge on any atom is 0.320 e. The first-order valence-corrected chi connectivity index (χ1v) is 7.79. The van der Waals surface area contributed by atoms with Gasteiger partial charge >= 0.3 is 5.97 Å². The highest BCUT2D eigenvalue weighted by molar-refractivity contribution is 7.90. The van der Waals surface area contributed by atoms with Crippen molar-refractivity contribution in [3.63, 3.8) is 0 Å². The number of hydrogen-bond donors (Lipinski definition) is 2. The van der Waals surface area contributed by atoms with Crippen molar-refractivity contribution < 1.29 is 18.3 Å². The molecular weight excluding hydrogens is 262 g/mol. The monoisotopic (exact) mass is 275 g/mol. The SMILES string of the molecule is O=C(O)CS(=O)(=O)NC1CCCc2sccc21. The molecule has 1 aliphatic rings. The summed E-state index contributed by atoms with van der Waals surface area (Å²) in [6.45, 7) is 0. The second-order valence-corrected chi connectivity index (χ2v) is 6.77. The Morgan fingerprint density at radius 3 is 3.06 bits per heavy atom. The van der Waals surface area contributed by atoms with Crippen LogP contribution < -0.4 is 4.72 Å². The van der Waals surface area contributed by atoms with Gasteiger partial charge in [0.05, 0.1) is 0 Å². The van der Waals surface area contributed by atoms with E-state index in [9.17, 15) is 13.2 Å². The van der Waals surface area contributed by atoms with Crippen molar-refractivity contribution in [2.75, 3.05) is 5.75 Å². The largest absolute Gasteiger partial charge is 0.480 e. The fraction of sp³-hybridized carbons (Fsp3) is 0.500. The first-order chi connectivity index (χ1) is 7.98. The lowest BCUT2D eigenvalue weighted by Gasteiger charge is -2.23. The lowest BCUT2D eigenvalue weighted by molar-refractivity contribution is -0.134. The zero-order valence-corrected chi connectivity index (χ0v) is 10.7. The number of nitrogens with one attached hydrogen (secondary N) is 1. The van der Waals surface area contributed by atoms with Crippen LogP contribution in [-0.4, -0.2) is 25.2 Å². The lowest BCUT2D eigenvalue weighted by atomic mass is 9.95. The van der Waals surface area contributed by atoms with Gasteiger partial charge in [-0.25, -0.2) is 13.1 Å². The minimum atomic E-state index is -3.75. The summed E-state index contributed by atoms with van der Waals surface area (Å²) < 4.78 is 25.6. The fourth-order valence-corrected chi connectivity index (χ4v) is 4.10. The Morgan fingerprint density at radius 2 is 2.35 bits per heavy atom. The molecule has 2 N–H and O–H groups in total. The highest BCUT2D eigenvalue weighted by Crippen LogP contribution is 2.33. The Hall–Kier alpha value is -0.920. The van der Waals surface area contributed by atoms with Crippen molar-refractivity contribution in [3.8, 4) is 0 Å². The molecule has 0 fully saturated rings. The van der Waals surface area contributed by atoms with Gasteiger partial charge in [-0.15, -0.1) is 11.3 Å². The number of carbonyl (C=O) groups is 1. The minimum absolute atomic E-state index is 0.269. The van der Waals surface area contributed by atoms with E-state index in [1.54, 1.807) is 11.3 Å². The van der Waals surface area contributed by atoms with Crippen molar-refractivity contribution >= 4 is 27.3 Å². The van der Waals surface area contributed by atoms with Crippen LogP contribution in [-0.2, 0) is 21.2 Å². The van der Waals surface area contributed by atoms with Gasteiger partial charge in [-0.2, -0.15) is 0 Å². The number of thiophene rings is 1. The maximum atomic E-state index is 11.6. The molecule has 0 aromatic carbocycles. The zero-order valence-electron chi connectivity index (χ0n) is 9.05. The molecule has 0 spiro atoms. The molecule has 0 bridgehead atoms. The molecule has 0 amide bonds. The summed E-state index contributed by atoms with van der Waals surface area (Å²) in [5.41, 5.74) is 0.996. The van der Waals surface area contributed by atoms with E-state index in [4.69, 9.17) is 5.11 Å². The Balaban J connectivity index is 2.14. The molecule has 0 saturated carbocycles. The molecule has 1 aliphatic carbocycles. The Morgan fingerprint density at radius 1 is 1.59 bits per heavy atom. The quantitative estimate of drug-likeness (QED) is 0.862. The second-order valence-electron chi connectivity index (χ2n) is 4.01. The number of rotatable bonds is 4. The van der Waals surface area contributed by atoms with Crippen LogP contribution in [0, 0.1) is 0 Å². The lowest BCUT2D eigenvalue weighted by Crippen LogP contribution is -2.34. The molecular formula is C10H13NO4S2. The summed E-state index contributed by atoms with van der Waals surface area (Å²) in [4.78, 5) is 11.6. The first-order valence-electron chi connectivity index (χ1n) is 5.26. The molecule has 1 heterocycles. The number of aliphatic carboxylic acids is 1. The van der Waals surface area contributed by atoms with Crippen LogP contribution in [0.4, 0.5) is 0 Å². The van der Waals surface area contributed by atoms with E-state index in [1.165, 1.54) is 4.88 Å². The third-order valence-corrected chi connectivity index (χ3v) is 4.95. The normalized spacial score (nSPS) is 19.9. The average molecular weight is 275 g/mol. The molecule has 1 atom stereocenters. The molecule has 0 saturated heterocycles. The van der Waals surface area contributed by atoms with Crippen LogP contribution in [0.25, 0.3) is 0 Å². The highest BCUT2D eigenvalue weighted by Gasteiger charge is 2.26. The van der Waals surface area contributed by atoms with Crippen molar-refractivity contribution in [2.45, 2.75) is 25.3 Å². The summed E-state index contributed by atoms with van der Waals surface area (Å²) in [6.07, 6.45) is 2.63. The third-order valence-electron chi connectivity index (χ3n) is 2.69. The van der Waals surface area contributed by atoms with E-state index in [1.807, 2.05) is 11.4 Å². The Bertz CT molecular complexity index is 520. The van der Waals surface area contributed by atoms with Gasteiger partial charge in [-0.3, -0.25) is 4.79 Å². The number of carboxylic acids is 1. The van der Waals surface area contributed by atoms with Crippen LogP contribution >= 0.6 is 11.3 Å². The molecule has 1 aromatic heterocycles. The van der Waals surface area contributed by atoms with E-state index in [-0.39, 0.29) is 6.04 Å². The van der Waals surface area contributed by atoms with Crippen LogP contribution in [0.3, 0.4) is 0 Å². The fourth-order valence-electron chi connectivity index (χ4n) is 2.03. The van der Waals surface area contributed by atoms with Crippen molar-refractivity contribution in [1.82, 2.24) is 4.72 Å². The van der Waals surface area contributed by atoms with Gasteiger partial charge in [0.1, 0.15) is 0 Å². The van der Waals surface area contributed by atoms with Crippen LogP contribution in [0.1, 0.15) is 29.3 Å². The molecule has 2 rings (SSSR count). The van der Waals surface area contributed by atoms with Gasteiger partial charge in [0.2, 0.25) is 10.0 Å². The summed E-state index contributed by atoms with van der Waals surface area (Å²) in [6, 6.07) is 1.64. The van der Waals surface area contributed by atoms with E-state index in [0.717, 1.165) is 24.8 Å². The van der Waals surface area contributed by atoms with Gasteiger partial charge in [0, 0.05) is 10.9 Å². The summed E-state index contributed by atoms with van der Waals surface area (Å²) in [7, 11) is -3.75. The van der Waals surface area contributed by atoms with Gasteiger partial charge < -0.3 is 5.11 Å². The number of hydrogen-bond acceptors (Lipinski definition) is 4. The van der Waals surface area contributed by atoms with Crippen molar-refractivity contribution in [1.29, 1.82) is 0 Å². The van der Waals surface area contributed by atoms with E-state index >= 15 is 0 Å². The second kappa shape index (κ2) is 4.75. The Kier molecular flexibility index (Phi) is 3.50. The molecule has 17 heavy (non-hydrogen) atoms. The molecule has 94 valence electrons. The van der Waals surface area contributed by atoms with E-state index in [2.05, 4.69) is 4.72 Å². The first kappa shape index (κ1) is 12.5. The van der Waals surface area contributed by atoms with Gasteiger partial charge in [0.25, 0.3) is 0 Å². The van der Waals surface area contributed by atoms with Gasteiger partial charge in [-0.1, -0.05) is 0 Å². The predicted molar refractivity (Wildman–Crippen MR) is 64.6 cm³/mol. The third kappa shape index (κ3) is 3.05. The molecule has 0 radical (unpaired) electrons.